The second-order valence-electron chi connectivity index (χ2n) is 4.94. The Morgan fingerprint density at radius 3 is 2.76 bits per heavy atom. The summed E-state index contributed by atoms with van der Waals surface area (Å²) in [5.74, 6) is -0.0101. The molecule has 0 heterocycles. The molecule has 7 heteroatoms. The fourth-order valence-corrected chi connectivity index (χ4v) is 2.07. The third-order valence-electron chi connectivity index (χ3n) is 3.16. The molecule has 0 atom stereocenters. The van der Waals surface area contributed by atoms with Gasteiger partial charge in [-0.1, -0.05) is 18.2 Å². The molecule has 1 amide bonds. The summed E-state index contributed by atoms with van der Waals surface area (Å²) in [6.45, 7) is 2.34. The Bertz CT molecular complexity index is 869. The maximum Gasteiger partial charge on any atom is 0.270 e. The number of amides is 1. The van der Waals surface area contributed by atoms with Gasteiger partial charge in [0, 0.05) is 23.9 Å². The van der Waals surface area contributed by atoms with Crippen molar-refractivity contribution in [1.82, 2.24) is 0 Å². The number of nitrogens with zero attached hydrogens (tertiary/aromatic N) is 2. The van der Waals surface area contributed by atoms with Crippen molar-refractivity contribution in [2.45, 2.75) is 6.92 Å². The number of nitrogens with one attached hydrogen (secondary N) is 1. The van der Waals surface area contributed by atoms with Crippen LogP contribution in [0, 0.1) is 21.4 Å². The third-order valence-corrected chi connectivity index (χ3v) is 3.16. The smallest absolute Gasteiger partial charge is 0.270 e. The van der Waals surface area contributed by atoms with E-state index in [1.54, 1.807) is 36.4 Å². The molecule has 2 rings (SSSR count). The molecule has 0 saturated heterocycles. The first-order valence-corrected chi connectivity index (χ1v) is 7.44. The highest BCUT2D eigenvalue weighted by atomic mass is 16.6. The minimum absolute atomic E-state index is 0.115. The number of rotatable bonds is 6. The summed E-state index contributed by atoms with van der Waals surface area (Å²) >= 11 is 0. The minimum Gasteiger partial charge on any atom is -0.494 e. The molecule has 0 aliphatic rings. The lowest BCUT2D eigenvalue weighted by atomic mass is 10.1. The summed E-state index contributed by atoms with van der Waals surface area (Å²) in [7, 11) is 0. The van der Waals surface area contributed by atoms with Gasteiger partial charge < -0.3 is 10.1 Å². The lowest BCUT2D eigenvalue weighted by molar-refractivity contribution is -0.384. The van der Waals surface area contributed by atoms with Crippen LogP contribution in [0.2, 0.25) is 0 Å². The van der Waals surface area contributed by atoms with E-state index < -0.39 is 10.8 Å². The molecule has 1 N–H and O–H groups in total. The number of nitro benzene ring substituents is 1. The molecule has 126 valence electrons. The van der Waals surface area contributed by atoms with E-state index in [4.69, 9.17) is 4.74 Å². The normalized spacial score (nSPS) is 10.6. The van der Waals surface area contributed by atoms with Gasteiger partial charge in [0.25, 0.3) is 11.6 Å². The molecule has 0 aliphatic heterocycles. The van der Waals surface area contributed by atoms with Crippen LogP contribution in [0.4, 0.5) is 11.4 Å². The second kappa shape index (κ2) is 8.26. The van der Waals surface area contributed by atoms with E-state index >= 15 is 0 Å². The topological polar surface area (TPSA) is 105 Å². The monoisotopic (exact) mass is 337 g/mol. The van der Waals surface area contributed by atoms with Crippen LogP contribution in [0.15, 0.2) is 54.1 Å². The number of anilines is 1. The Labute approximate surface area is 144 Å². The van der Waals surface area contributed by atoms with Crippen molar-refractivity contribution in [3.8, 4) is 11.8 Å². The van der Waals surface area contributed by atoms with E-state index in [0.29, 0.717) is 23.6 Å². The molecule has 0 bridgehead atoms. The SMILES string of the molecule is CCOc1cccc(NC(=O)/C(C#N)=C/c2cccc([N+](=O)[O-])c2)c1. The van der Waals surface area contributed by atoms with Crippen LogP contribution in [0.1, 0.15) is 12.5 Å². The van der Waals surface area contributed by atoms with Crippen molar-refractivity contribution < 1.29 is 14.5 Å². The van der Waals surface area contributed by atoms with E-state index in [-0.39, 0.29) is 11.3 Å². The third kappa shape index (κ3) is 4.91. The van der Waals surface area contributed by atoms with Crippen LogP contribution in [0.3, 0.4) is 0 Å². The highest BCUT2D eigenvalue weighted by Gasteiger charge is 2.11. The summed E-state index contributed by atoms with van der Waals surface area (Å²) in [6.07, 6.45) is 1.30. The lowest BCUT2D eigenvalue weighted by Crippen LogP contribution is -2.13. The fourth-order valence-electron chi connectivity index (χ4n) is 2.07. The van der Waals surface area contributed by atoms with Crippen LogP contribution in [0.5, 0.6) is 5.75 Å². The molecule has 25 heavy (non-hydrogen) atoms. The Hall–Kier alpha value is -3.66. The van der Waals surface area contributed by atoms with Gasteiger partial charge >= 0.3 is 0 Å². The highest BCUT2D eigenvalue weighted by Crippen LogP contribution is 2.19. The minimum atomic E-state index is -0.609. The van der Waals surface area contributed by atoms with Gasteiger partial charge in [-0.25, -0.2) is 0 Å². The molecule has 7 nitrogen and oxygen atoms in total. The maximum atomic E-state index is 12.3. The van der Waals surface area contributed by atoms with Crippen LogP contribution >= 0.6 is 0 Å². The van der Waals surface area contributed by atoms with E-state index in [1.165, 1.54) is 24.3 Å². The number of hydrogen-bond donors (Lipinski definition) is 1. The zero-order valence-electron chi connectivity index (χ0n) is 13.4. The summed E-state index contributed by atoms with van der Waals surface area (Å²) in [4.78, 5) is 22.5. The van der Waals surface area contributed by atoms with Crippen molar-refractivity contribution in [2.75, 3.05) is 11.9 Å². The molecule has 0 unspecified atom stereocenters. The number of non-ortho nitro benzene ring substituents is 1. The first-order chi connectivity index (χ1) is 12.0. The van der Waals surface area contributed by atoms with Gasteiger partial charge in [0.1, 0.15) is 17.4 Å². The average molecular weight is 337 g/mol. The summed E-state index contributed by atoms with van der Waals surface area (Å²) in [6, 6.07) is 14.3. The maximum absolute atomic E-state index is 12.3. The molecule has 0 spiro atoms. The van der Waals surface area contributed by atoms with Crippen molar-refractivity contribution in [3.05, 3.63) is 69.8 Å². The quantitative estimate of drug-likeness (QED) is 0.375. The van der Waals surface area contributed by atoms with Crippen LogP contribution in [0.25, 0.3) is 6.08 Å². The molecule has 0 radical (unpaired) electrons. The Kier molecular flexibility index (Phi) is 5.85. The van der Waals surface area contributed by atoms with E-state index in [1.807, 2.05) is 6.92 Å². The Balaban J connectivity index is 2.21. The Morgan fingerprint density at radius 1 is 1.32 bits per heavy atom. The van der Waals surface area contributed by atoms with Gasteiger partial charge in [-0.05, 0) is 30.7 Å². The van der Waals surface area contributed by atoms with E-state index in [9.17, 15) is 20.2 Å². The fraction of sp³-hybridized carbons (Fsp3) is 0.111. The zero-order valence-corrected chi connectivity index (χ0v) is 13.4. The molecule has 0 fully saturated rings. The van der Waals surface area contributed by atoms with Crippen molar-refractivity contribution in [2.24, 2.45) is 0 Å². The first-order valence-electron chi connectivity index (χ1n) is 7.44. The van der Waals surface area contributed by atoms with E-state index in [0.717, 1.165) is 0 Å². The Morgan fingerprint density at radius 2 is 2.08 bits per heavy atom. The number of ether oxygens (including phenoxy) is 1. The van der Waals surface area contributed by atoms with Crippen molar-refractivity contribution >= 4 is 23.4 Å². The van der Waals surface area contributed by atoms with E-state index in [2.05, 4.69) is 5.32 Å². The summed E-state index contributed by atoms with van der Waals surface area (Å²) in [5, 5.41) is 22.6. The van der Waals surface area contributed by atoms with Gasteiger partial charge in [0.15, 0.2) is 0 Å². The number of carbonyl (C=O) groups is 1. The number of benzene rings is 2. The van der Waals surface area contributed by atoms with Gasteiger partial charge in [-0.3, -0.25) is 14.9 Å². The second-order valence-corrected chi connectivity index (χ2v) is 4.94. The summed E-state index contributed by atoms with van der Waals surface area (Å²) in [5.41, 5.74) is 0.596. The standard InChI is InChI=1S/C18H15N3O4/c1-2-25-17-8-4-6-15(11-17)20-18(22)14(12-19)9-13-5-3-7-16(10-13)21(23)24/h3-11H,2H2,1H3,(H,20,22)/b14-9+. The molecule has 0 saturated carbocycles. The lowest BCUT2D eigenvalue weighted by Gasteiger charge is -2.07. The number of nitriles is 1. The van der Waals surface area contributed by atoms with Crippen molar-refractivity contribution in [3.63, 3.8) is 0 Å². The van der Waals surface area contributed by atoms with Gasteiger partial charge in [-0.2, -0.15) is 5.26 Å². The predicted molar refractivity (Wildman–Crippen MR) is 92.9 cm³/mol. The van der Waals surface area contributed by atoms with Gasteiger partial charge in [0.05, 0.1) is 11.5 Å². The average Bonchev–Trinajstić information content (AvgIpc) is 2.60. The number of carbonyl (C=O) groups excluding carboxylic acids is 1. The predicted octanol–water partition coefficient (Wildman–Crippen LogP) is 3.54. The number of nitro groups is 1. The molecular weight excluding hydrogens is 322 g/mol. The molecule has 0 aromatic heterocycles. The zero-order chi connectivity index (χ0) is 18.2. The van der Waals surface area contributed by atoms with Crippen molar-refractivity contribution in [1.29, 1.82) is 5.26 Å². The molecule has 0 aliphatic carbocycles. The van der Waals surface area contributed by atoms with Gasteiger partial charge in [0.2, 0.25) is 0 Å². The number of hydrogen-bond acceptors (Lipinski definition) is 5. The summed E-state index contributed by atoms with van der Waals surface area (Å²) < 4.78 is 5.35. The van der Waals surface area contributed by atoms with Gasteiger partial charge in [-0.15, -0.1) is 0 Å². The molecule has 2 aromatic rings. The first kappa shape index (κ1) is 17.7. The van der Waals surface area contributed by atoms with Crippen LogP contribution < -0.4 is 10.1 Å². The van der Waals surface area contributed by atoms with Crippen LogP contribution in [-0.4, -0.2) is 17.4 Å². The van der Waals surface area contributed by atoms with Crippen LogP contribution in [-0.2, 0) is 4.79 Å². The highest BCUT2D eigenvalue weighted by molar-refractivity contribution is 6.09. The largest absolute Gasteiger partial charge is 0.494 e. The molecule has 2 aromatic carbocycles. The molecular formula is C18H15N3O4.